The minimum Gasteiger partial charge on any atom is -0.497 e. The number of esters is 1. The Morgan fingerprint density at radius 2 is 1.92 bits per heavy atom. The average Bonchev–Trinajstić information content (AvgIpc) is 2.57. The van der Waals surface area contributed by atoms with Crippen LogP contribution in [0.5, 0.6) is 5.75 Å². The summed E-state index contributed by atoms with van der Waals surface area (Å²) in [6, 6.07) is 10.7. The first-order valence-electron chi connectivity index (χ1n) is 7.36. The Hall–Kier alpha value is -3.07. The Bertz CT molecular complexity index is 845. The Labute approximate surface area is 139 Å². The summed E-state index contributed by atoms with van der Waals surface area (Å²) in [6.07, 6.45) is 0. The van der Waals surface area contributed by atoms with E-state index in [1.54, 1.807) is 51.3 Å². The van der Waals surface area contributed by atoms with Crippen molar-refractivity contribution in [2.24, 2.45) is 0 Å². The molecule has 2 aromatic rings. The fraction of sp³-hybridized carbons (Fsp3) is 0.278. The molecule has 1 heterocycles. The van der Waals surface area contributed by atoms with Crippen LogP contribution in [0.1, 0.15) is 22.4 Å². The normalized spacial score (nSPS) is 10.1. The highest BCUT2D eigenvalue weighted by Gasteiger charge is 2.13. The molecule has 0 aliphatic heterocycles. The topological polar surface area (TPSA) is 81.3 Å². The molecule has 0 saturated carbocycles. The molecule has 124 valence electrons. The maximum absolute atomic E-state index is 12.2. The van der Waals surface area contributed by atoms with Crippen LogP contribution in [0.4, 0.5) is 0 Å². The summed E-state index contributed by atoms with van der Waals surface area (Å²) in [4.78, 5) is 24.2. The van der Waals surface area contributed by atoms with Crippen molar-refractivity contribution in [3.8, 4) is 11.8 Å². The van der Waals surface area contributed by atoms with Crippen LogP contribution in [0.25, 0.3) is 0 Å². The van der Waals surface area contributed by atoms with Gasteiger partial charge in [-0.25, -0.2) is 0 Å². The van der Waals surface area contributed by atoms with Crippen molar-refractivity contribution in [2.45, 2.75) is 27.0 Å². The van der Waals surface area contributed by atoms with Crippen molar-refractivity contribution in [3.63, 3.8) is 0 Å². The summed E-state index contributed by atoms with van der Waals surface area (Å²) in [6.45, 7) is 3.29. The predicted octanol–water partition coefficient (Wildman–Crippen LogP) is 2.09. The minimum atomic E-state index is -0.538. The Kier molecular flexibility index (Phi) is 5.38. The second kappa shape index (κ2) is 7.47. The molecule has 1 aromatic heterocycles. The van der Waals surface area contributed by atoms with E-state index < -0.39 is 11.5 Å². The zero-order valence-electron chi connectivity index (χ0n) is 13.8. The van der Waals surface area contributed by atoms with Crippen LogP contribution >= 0.6 is 0 Å². The Balaban J connectivity index is 2.07. The van der Waals surface area contributed by atoms with E-state index in [1.807, 2.05) is 6.07 Å². The average molecular weight is 326 g/mol. The van der Waals surface area contributed by atoms with Gasteiger partial charge in [0.05, 0.1) is 7.11 Å². The highest BCUT2D eigenvalue weighted by Crippen LogP contribution is 2.12. The van der Waals surface area contributed by atoms with Crippen molar-refractivity contribution >= 4 is 5.97 Å². The maximum atomic E-state index is 12.2. The Morgan fingerprint density at radius 1 is 1.25 bits per heavy atom. The van der Waals surface area contributed by atoms with Gasteiger partial charge in [-0.15, -0.1) is 0 Å². The van der Waals surface area contributed by atoms with Crippen LogP contribution < -0.4 is 10.3 Å². The summed E-state index contributed by atoms with van der Waals surface area (Å²) < 4.78 is 11.5. The molecule has 24 heavy (non-hydrogen) atoms. The van der Waals surface area contributed by atoms with E-state index in [4.69, 9.17) is 14.7 Å². The van der Waals surface area contributed by atoms with Crippen LogP contribution in [0.2, 0.25) is 0 Å². The number of benzene rings is 1. The molecule has 1 aromatic carbocycles. The van der Waals surface area contributed by atoms with Gasteiger partial charge in [0, 0.05) is 5.69 Å². The molecule has 0 amide bonds. The van der Waals surface area contributed by atoms with Crippen molar-refractivity contribution in [1.29, 1.82) is 5.26 Å². The number of pyridine rings is 1. The lowest BCUT2D eigenvalue weighted by Crippen LogP contribution is -2.29. The van der Waals surface area contributed by atoms with Crippen molar-refractivity contribution < 1.29 is 14.3 Å². The van der Waals surface area contributed by atoms with Gasteiger partial charge < -0.3 is 14.0 Å². The quantitative estimate of drug-likeness (QED) is 0.786. The van der Waals surface area contributed by atoms with E-state index >= 15 is 0 Å². The smallest absolute Gasteiger partial charge is 0.326 e. The number of nitriles is 1. The fourth-order valence-corrected chi connectivity index (χ4v) is 2.32. The van der Waals surface area contributed by atoms with Gasteiger partial charge in [0.25, 0.3) is 5.56 Å². The molecular formula is C18H18N2O4. The molecule has 0 spiro atoms. The number of hydrogen-bond donors (Lipinski definition) is 0. The second-order valence-corrected chi connectivity index (χ2v) is 5.36. The summed E-state index contributed by atoms with van der Waals surface area (Å²) in [7, 11) is 1.58. The van der Waals surface area contributed by atoms with E-state index in [9.17, 15) is 9.59 Å². The van der Waals surface area contributed by atoms with Gasteiger partial charge in [-0.3, -0.25) is 9.59 Å². The molecule has 0 bridgehead atoms. The number of methoxy groups -OCH3 is 1. The van der Waals surface area contributed by atoms with Gasteiger partial charge in [0.2, 0.25) is 0 Å². The first-order valence-corrected chi connectivity index (χ1v) is 7.36. The number of aromatic nitrogens is 1. The zero-order chi connectivity index (χ0) is 17.7. The summed E-state index contributed by atoms with van der Waals surface area (Å²) in [5, 5.41) is 9.05. The number of nitrogens with zero attached hydrogens (tertiary/aromatic N) is 2. The molecular weight excluding hydrogens is 308 g/mol. The molecule has 0 radical (unpaired) electrons. The highest BCUT2D eigenvalue weighted by atomic mass is 16.5. The second-order valence-electron chi connectivity index (χ2n) is 5.36. The monoisotopic (exact) mass is 326 g/mol. The molecule has 0 atom stereocenters. The van der Waals surface area contributed by atoms with Crippen molar-refractivity contribution in [1.82, 2.24) is 4.57 Å². The van der Waals surface area contributed by atoms with Gasteiger partial charge in [-0.05, 0) is 43.2 Å². The van der Waals surface area contributed by atoms with Gasteiger partial charge in [0.1, 0.15) is 30.5 Å². The summed E-state index contributed by atoms with van der Waals surface area (Å²) in [5.74, 6) is 0.180. The molecule has 2 rings (SSSR count). The van der Waals surface area contributed by atoms with E-state index in [0.717, 1.165) is 11.3 Å². The van der Waals surface area contributed by atoms with Gasteiger partial charge in [0.15, 0.2) is 0 Å². The first-order chi connectivity index (χ1) is 11.5. The third-order valence-electron chi connectivity index (χ3n) is 3.66. The van der Waals surface area contributed by atoms with Crippen molar-refractivity contribution in [3.05, 3.63) is 63.1 Å². The third kappa shape index (κ3) is 3.82. The first kappa shape index (κ1) is 17.3. The number of rotatable bonds is 5. The zero-order valence-corrected chi connectivity index (χ0v) is 13.8. The molecule has 0 fully saturated rings. The minimum absolute atomic E-state index is 0.0450. The van der Waals surface area contributed by atoms with Crippen molar-refractivity contribution in [2.75, 3.05) is 7.11 Å². The van der Waals surface area contributed by atoms with Gasteiger partial charge in [-0.2, -0.15) is 5.26 Å². The summed E-state index contributed by atoms with van der Waals surface area (Å²) >= 11 is 0. The van der Waals surface area contributed by atoms with Crippen LogP contribution in [-0.2, 0) is 22.7 Å². The van der Waals surface area contributed by atoms with E-state index in [-0.39, 0.29) is 18.7 Å². The predicted molar refractivity (Wildman–Crippen MR) is 87.7 cm³/mol. The standard InChI is InChI=1S/C18H18N2O4/c1-12-8-13(2)20(18(22)16(12)9-19)10-17(21)24-11-14-4-6-15(23-3)7-5-14/h4-8H,10-11H2,1-3H3. The Morgan fingerprint density at radius 3 is 2.50 bits per heavy atom. The largest absolute Gasteiger partial charge is 0.497 e. The summed E-state index contributed by atoms with van der Waals surface area (Å²) in [5.41, 5.74) is 1.59. The lowest BCUT2D eigenvalue weighted by atomic mass is 10.1. The molecule has 0 aliphatic rings. The lowest BCUT2D eigenvalue weighted by molar-refractivity contribution is -0.145. The molecule has 0 aliphatic carbocycles. The number of aryl methyl sites for hydroxylation is 2. The van der Waals surface area contributed by atoms with E-state index in [1.165, 1.54) is 4.57 Å². The van der Waals surface area contributed by atoms with Gasteiger partial charge >= 0.3 is 5.97 Å². The van der Waals surface area contributed by atoms with Crippen LogP contribution in [0.15, 0.2) is 35.1 Å². The molecule has 6 heteroatoms. The van der Waals surface area contributed by atoms with E-state index in [2.05, 4.69) is 0 Å². The number of ether oxygens (including phenoxy) is 2. The number of hydrogen-bond acceptors (Lipinski definition) is 5. The fourth-order valence-electron chi connectivity index (χ4n) is 2.32. The highest BCUT2D eigenvalue weighted by molar-refractivity contribution is 5.69. The molecule has 0 N–H and O–H groups in total. The lowest BCUT2D eigenvalue weighted by Gasteiger charge is -2.12. The SMILES string of the molecule is COc1ccc(COC(=O)Cn2c(C)cc(C)c(C#N)c2=O)cc1. The number of carbonyl (C=O) groups excluding carboxylic acids is 1. The van der Waals surface area contributed by atoms with Crippen LogP contribution in [0, 0.1) is 25.2 Å². The molecule has 6 nitrogen and oxygen atoms in total. The number of carbonyl (C=O) groups is 1. The van der Waals surface area contributed by atoms with Gasteiger partial charge in [-0.1, -0.05) is 12.1 Å². The van der Waals surface area contributed by atoms with Crippen LogP contribution in [0.3, 0.4) is 0 Å². The van der Waals surface area contributed by atoms with Crippen LogP contribution in [-0.4, -0.2) is 17.6 Å². The van der Waals surface area contributed by atoms with E-state index in [0.29, 0.717) is 11.3 Å². The third-order valence-corrected chi connectivity index (χ3v) is 3.66. The molecule has 0 saturated heterocycles. The maximum Gasteiger partial charge on any atom is 0.326 e. The molecule has 0 unspecified atom stereocenters.